The van der Waals surface area contributed by atoms with Crippen molar-refractivity contribution in [3.63, 3.8) is 0 Å². The van der Waals surface area contributed by atoms with Crippen molar-refractivity contribution in [1.82, 2.24) is 10.2 Å². The summed E-state index contributed by atoms with van der Waals surface area (Å²) in [5.41, 5.74) is 0.953. The maximum atomic E-state index is 13.8. The number of allylic oxidation sites excluding steroid dienone is 3. The summed E-state index contributed by atoms with van der Waals surface area (Å²) in [4.78, 5) is 14.1. The zero-order valence-electron chi connectivity index (χ0n) is 14.5. The molecule has 0 saturated carbocycles. The Morgan fingerprint density at radius 2 is 1.95 bits per heavy atom. The molecule has 0 aliphatic carbocycles. The van der Waals surface area contributed by atoms with Crippen LogP contribution >= 0.6 is 0 Å². The Kier molecular flexibility index (Phi) is 8.46. The van der Waals surface area contributed by atoms with Crippen LogP contribution in [-0.2, 0) is 0 Å². The molecule has 2 amide bonds. The third-order valence-corrected chi connectivity index (χ3v) is 3.22. The molecule has 0 spiro atoms. The average molecular weight is 308 g/mol. The highest BCUT2D eigenvalue weighted by molar-refractivity contribution is 5.75. The van der Waals surface area contributed by atoms with Gasteiger partial charge in [0.05, 0.1) is 0 Å². The van der Waals surface area contributed by atoms with Crippen molar-refractivity contribution in [1.29, 1.82) is 0 Å². The molecule has 0 aliphatic heterocycles. The number of hydrogen-bond donors (Lipinski definition) is 1. The molecule has 0 unspecified atom stereocenters. The van der Waals surface area contributed by atoms with Crippen molar-refractivity contribution in [2.24, 2.45) is 0 Å². The van der Waals surface area contributed by atoms with Gasteiger partial charge in [-0.2, -0.15) is 0 Å². The molecule has 0 bridgehead atoms. The van der Waals surface area contributed by atoms with Crippen LogP contribution in [0.5, 0.6) is 0 Å². The van der Waals surface area contributed by atoms with E-state index in [-0.39, 0.29) is 18.4 Å². The number of rotatable bonds is 7. The Morgan fingerprint density at radius 1 is 1.36 bits per heavy atom. The first-order valence-electron chi connectivity index (χ1n) is 7.53. The normalized spacial score (nSPS) is 12.8. The lowest BCUT2D eigenvalue weighted by atomic mass is 10.0. The highest BCUT2D eigenvalue weighted by Gasteiger charge is 2.27. The average Bonchev–Trinajstić information content (AvgIpc) is 2.44. The van der Waals surface area contributed by atoms with Crippen LogP contribution in [0, 0.1) is 0 Å². The van der Waals surface area contributed by atoms with E-state index in [9.17, 15) is 9.18 Å². The predicted octanol–water partition coefficient (Wildman–Crippen LogP) is 4.75. The van der Waals surface area contributed by atoms with Gasteiger partial charge >= 0.3 is 6.03 Å². The van der Waals surface area contributed by atoms with Crippen LogP contribution in [0.2, 0.25) is 0 Å². The summed E-state index contributed by atoms with van der Waals surface area (Å²) in [6.45, 7) is 17.4. The number of amides is 2. The second-order valence-electron chi connectivity index (χ2n) is 6.08. The standard InChI is InChI=1S/C18H29FN2O/c1-8-11-14(4)12-20-17(22)21(18(5,6)7)13-15(9-2)16(19)10-3/h8,10-11H,3-4,9,12-13H2,1-2,5-7H3,(H,20,22)/b11-8-,16-15-. The Bertz CT molecular complexity index is 470. The molecule has 0 heterocycles. The second kappa shape index (κ2) is 9.23. The Morgan fingerprint density at radius 3 is 2.36 bits per heavy atom. The van der Waals surface area contributed by atoms with Gasteiger partial charge in [-0.3, -0.25) is 0 Å². The molecular weight excluding hydrogens is 279 g/mol. The van der Waals surface area contributed by atoms with Gasteiger partial charge < -0.3 is 10.2 Å². The Labute approximate surface area is 134 Å². The first-order valence-corrected chi connectivity index (χ1v) is 7.53. The van der Waals surface area contributed by atoms with Crippen molar-refractivity contribution in [3.05, 3.63) is 48.4 Å². The monoisotopic (exact) mass is 308 g/mol. The molecule has 124 valence electrons. The number of nitrogens with one attached hydrogen (secondary N) is 1. The SMILES string of the molecule is C=C/C(F)=C(\CC)CN(C(=O)NCC(=C)/C=C\C)C(C)(C)C. The number of urea groups is 1. The molecule has 0 saturated heterocycles. The minimum Gasteiger partial charge on any atom is -0.334 e. The highest BCUT2D eigenvalue weighted by Crippen LogP contribution is 2.20. The van der Waals surface area contributed by atoms with Crippen molar-refractivity contribution < 1.29 is 9.18 Å². The van der Waals surface area contributed by atoms with Crippen LogP contribution in [-0.4, -0.2) is 29.6 Å². The third kappa shape index (κ3) is 6.74. The number of nitrogens with zero attached hydrogens (tertiary/aromatic N) is 1. The van der Waals surface area contributed by atoms with Gasteiger partial charge in [-0.25, -0.2) is 9.18 Å². The molecule has 0 rings (SSSR count). The van der Waals surface area contributed by atoms with E-state index in [4.69, 9.17) is 0 Å². The summed E-state index contributed by atoms with van der Waals surface area (Å²) in [6, 6.07) is -0.235. The van der Waals surface area contributed by atoms with Crippen LogP contribution in [0.25, 0.3) is 0 Å². The molecule has 0 fully saturated rings. The third-order valence-electron chi connectivity index (χ3n) is 3.22. The van der Waals surface area contributed by atoms with E-state index in [1.54, 1.807) is 4.90 Å². The molecule has 0 aromatic carbocycles. The lowest BCUT2D eigenvalue weighted by Gasteiger charge is -2.36. The number of hydrogen-bond acceptors (Lipinski definition) is 1. The van der Waals surface area contributed by atoms with Gasteiger partial charge in [0.1, 0.15) is 5.83 Å². The summed E-state index contributed by atoms with van der Waals surface area (Å²) in [5, 5.41) is 2.83. The first-order chi connectivity index (χ1) is 10.2. The Balaban J connectivity index is 5.11. The summed E-state index contributed by atoms with van der Waals surface area (Å²) in [7, 11) is 0. The van der Waals surface area contributed by atoms with Crippen molar-refractivity contribution in [3.8, 4) is 0 Å². The van der Waals surface area contributed by atoms with Crippen LogP contribution in [0.3, 0.4) is 0 Å². The summed E-state index contributed by atoms with van der Waals surface area (Å²) in [6.07, 6.45) is 5.43. The molecule has 0 aromatic rings. The van der Waals surface area contributed by atoms with E-state index in [1.165, 1.54) is 6.08 Å². The van der Waals surface area contributed by atoms with Crippen molar-refractivity contribution in [2.45, 2.75) is 46.6 Å². The van der Waals surface area contributed by atoms with Gasteiger partial charge in [-0.1, -0.05) is 32.2 Å². The quantitative estimate of drug-likeness (QED) is 0.676. The van der Waals surface area contributed by atoms with E-state index in [0.717, 1.165) is 5.57 Å². The molecule has 0 atom stereocenters. The highest BCUT2D eigenvalue weighted by atomic mass is 19.1. The summed E-state index contributed by atoms with van der Waals surface area (Å²) < 4.78 is 13.8. The van der Waals surface area contributed by atoms with E-state index < -0.39 is 5.54 Å². The lowest BCUT2D eigenvalue weighted by Crippen LogP contribution is -2.51. The summed E-state index contributed by atoms with van der Waals surface area (Å²) >= 11 is 0. The van der Waals surface area contributed by atoms with Crippen LogP contribution in [0.15, 0.2) is 48.4 Å². The van der Waals surface area contributed by atoms with E-state index >= 15 is 0 Å². The minimum atomic E-state index is -0.423. The van der Waals surface area contributed by atoms with Gasteiger partial charge in [-0.05, 0) is 51.3 Å². The summed E-state index contributed by atoms with van der Waals surface area (Å²) in [5.74, 6) is -0.358. The lowest BCUT2D eigenvalue weighted by molar-refractivity contribution is 0.152. The maximum Gasteiger partial charge on any atom is 0.318 e. The molecule has 3 nitrogen and oxygen atoms in total. The van der Waals surface area contributed by atoms with E-state index in [1.807, 2.05) is 46.8 Å². The molecule has 0 aromatic heterocycles. The minimum absolute atomic E-state index is 0.235. The van der Waals surface area contributed by atoms with Crippen LogP contribution in [0.1, 0.15) is 41.0 Å². The largest absolute Gasteiger partial charge is 0.334 e. The fraction of sp³-hybridized carbons (Fsp3) is 0.500. The van der Waals surface area contributed by atoms with Crippen LogP contribution in [0.4, 0.5) is 9.18 Å². The zero-order valence-corrected chi connectivity index (χ0v) is 14.5. The fourth-order valence-corrected chi connectivity index (χ4v) is 1.88. The predicted molar refractivity (Wildman–Crippen MR) is 92.4 cm³/mol. The molecule has 4 heteroatoms. The van der Waals surface area contributed by atoms with Gasteiger partial charge in [-0.15, -0.1) is 0 Å². The van der Waals surface area contributed by atoms with E-state index in [2.05, 4.69) is 18.5 Å². The van der Waals surface area contributed by atoms with Crippen molar-refractivity contribution >= 4 is 6.03 Å². The topological polar surface area (TPSA) is 32.3 Å². The molecule has 1 N–H and O–H groups in total. The van der Waals surface area contributed by atoms with Gasteiger partial charge in [0.25, 0.3) is 0 Å². The zero-order chi connectivity index (χ0) is 17.3. The number of carbonyl (C=O) groups is 1. The van der Waals surface area contributed by atoms with E-state index in [0.29, 0.717) is 18.5 Å². The van der Waals surface area contributed by atoms with Gasteiger partial charge in [0.2, 0.25) is 0 Å². The molecular formula is C18H29FN2O. The maximum absolute atomic E-state index is 13.8. The van der Waals surface area contributed by atoms with Crippen LogP contribution < -0.4 is 5.32 Å². The smallest absolute Gasteiger partial charge is 0.318 e. The second-order valence-corrected chi connectivity index (χ2v) is 6.08. The number of halogens is 1. The fourth-order valence-electron chi connectivity index (χ4n) is 1.88. The van der Waals surface area contributed by atoms with Crippen molar-refractivity contribution in [2.75, 3.05) is 13.1 Å². The number of carbonyl (C=O) groups excluding carboxylic acids is 1. The first kappa shape index (κ1) is 20.2. The molecule has 0 aliphatic rings. The molecule has 22 heavy (non-hydrogen) atoms. The van der Waals surface area contributed by atoms with Gasteiger partial charge in [0, 0.05) is 18.6 Å². The molecule has 0 radical (unpaired) electrons. The Hall–Kier alpha value is -1.84. The van der Waals surface area contributed by atoms with Gasteiger partial charge in [0.15, 0.2) is 0 Å².